The second-order valence-corrected chi connectivity index (χ2v) is 8.26. The van der Waals surface area contributed by atoms with Crippen molar-refractivity contribution < 1.29 is 19.1 Å². The number of nitrogens with one attached hydrogen (secondary N) is 1. The lowest BCUT2D eigenvalue weighted by atomic mass is 9.96. The van der Waals surface area contributed by atoms with Crippen LogP contribution in [0.25, 0.3) is 0 Å². The molecule has 0 radical (unpaired) electrons. The van der Waals surface area contributed by atoms with E-state index in [1.54, 1.807) is 7.11 Å². The molecule has 2 aromatic carbocycles. The summed E-state index contributed by atoms with van der Waals surface area (Å²) < 4.78 is 11.4. The van der Waals surface area contributed by atoms with Crippen molar-refractivity contribution in [2.75, 3.05) is 20.2 Å². The molecule has 31 heavy (non-hydrogen) atoms. The van der Waals surface area contributed by atoms with E-state index in [9.17, 15) is 9.59 Å². The predicted molar refractivity (Wildman–Crippen MR) is 120 cm³/mol. The first-order valence-electron chi connectivity index (χ1n) is 10.9. The van der Waals surface area contributed by atoms with Gasteiger partial charge in [-0.3, -0.25) is 9.59 Å². The van der Waals surface area contributed by atoms with Crippen molar-refractivity contribution >= 4 is 11.8 Å². The van der Waals surface area contributed by atoms with Crippen LogP contribution in [0.1, 0.15) is 37.8 Å². The van der Waals surface area contributed by atoms with Gasteiger partial charge in [0.05, 0.1) is 13.0 Å². The van der Waals surface area contributed by atoms with Crippen molar-refractivity contribution in [1.29, 1.82) is 0 Å². The lowest BCUT2D eigenvalue weighted by Gasteiger charge is -2.33. The van der Waals surface area contributed by atoms with Crippen molar-refractivity contribution in [1.82, 2.24) is 10.2 Å². The van der Waals surface area contributed by atoms with Crippen LogP contribution >= 0.6 is 0 Å². The molecule has 2 aromatic rings. The Morgan fingerprint density at radius 1 is 1.10 bits per heavy atom. The Hall–Kier alpha value is -3.02. The zero-order valence-electron chi connectivity index (χ0n) is 18.6. The second kappa shape index (κ2) is 10.8. The summed E-state index contributed by atoms with van der Waals surface area (Å²) in [4.78, 5) is 26.8. The van der Waals surface area contributed by atoms with Crippen molar-refractivity contribution in [2.24, 2.45) is 11.8 Å². The summed E-state index contributed by atoms with van der Waals surface area (Å²) in [5.41, 5.74) is 2.02. The van der Waals surface area contributed by atoms with E-state index in [0.717, 1.165) is 30.5 Å². The average Bonchev–Trinajstić information content (AvgIpc) is 2.81. The predicted octanol–water partition coefficient (Wildman–Crippen LogP) is 3.79. The largest absolute Gasteiger partial charge is 0.493 e. The van der Waals surface area contributed by atoms with Gasteiger partial charge in [0, 0.05) is 25.6 Å². The van der Waals surface area contributed by atoms with Gasteiger partial charge < -0.3 is 19.7 Å². The summed E-state index contributed by atoms with van der Waals surface area (Å²) in [5, 5.41) is 3.01. The highest BCUT2D eigenvalue weighted by molar-refractivity contribution is 5.82. The van der Waals surface area contributed by atoms with Crippen molar-refractivity contribution in [3.63, 3.8) is 0 Å². The maximum absolute atomic E-state index is 12.7. The Labute approximate surface area is 184 Å². The number of piperidine rings is 1. The maximum Gasteiger partial charge on any atom is 0.225 e. The molecule has 1 fully saturated rings. The molecule has 1 heterocycles. The van der Waals surface area contributed by atoms with Gasteiger partial charge >= 0.3 is 0 Å². The van der Waals surface area contributed by atoms with Gasteiger partial charge in [-0.1, -0.05) is 50.2 Å². The molecule has 1 atom stereocenters. The third-order valence-electron chi connectivity index (χ3n) is 5.53. The Balaban J connectivity index is 1.55. The molecule has 3 rings (SSSR count). The van der Waals surface area contributed by atoms with Crippen LogP contribution in [0.4, 0.5) is 0 Å². The van der Waals surface area contributed by atoms with Crippen molar-refractivity contribution in [3.05, 3.63) is 59.7 Å². The van der Waals surface area contributed by atoms with Gasteiger partial charge in [0.15, 0.2) is 11.5 Å². The fourth-order valence-electron chi connectivity index (χ4n) is 3.77. The van der Waals surface area contributed by atoms with Gasteiger partial charge in [-0.25, -0.2) is 0 Å². The summed E-state index contributed by atoms with van der Waals surface area (Å²) in [6, 6.07) is 15.6. The highest BCUT2D eigenvalue weighted by atomic mass is 16.5. The number of ether oxygens (including phenoxy) is 2. The summed E-state index contributed by atoms with van der Waals surface area (Å²) in [6.45, 7) is 5.89. The van der Waals surface area contributed by atoms with Crippen LogP contribution in [0.5, 0.6) is 11.5 Å². The van der Waals surface area contributed by atoms with Crippen molar-refractivity contribution in [2.45, 2.75) is 39.8 Å². The third kappa shape index (κ3) is 6.23. The molecule has 0 saturated carbocycles. The number of carbonyl (C=O) groups is 2. The fraction of sp³-hybridized carbons (Fsp3) is 0.440. The molecule has 0 aromatic heterocycles. The molecule has 1 saturated heterocycles. The van der Waals surface area contributed by atoms with E-state index >= 15 is 0 Å². The number of amides is 2. The van der Waals surface area contributed by atoms with Crippen LogP contribution in [0.2, 0.25) is 0 Å². The lowest BCUT2D eigenvalue weighted by molar-refractivity contribution is -0.138. The minimum Gasteiger partial charge on any atom is -0.493 e. The third-order valence-corrected chi connectivity index (χ3v) is 5.53. The monoisotopic (exact) mass is 424 g/mol. The number of likely N-dealkylation sites (tertiary alicyclic amines) is 1. The highest BCUT2D eigenvalue weighted by Crippen LogP contribution is 2.29. The van der Waals surface area contributed by atoms with Gasteiger partial charge in [0.25, 0.3) is 0 Å². The van der Waals surface area contributed by atoms with Crippen LogP contribution in [-0.4, -0.2) is 36.9 Å². The van der Waals surface area contributed by atoms with E-state index in [1.165, 1.54) is 0 Å². The summed E-state index contributed by atoms with van der Waals surface area (Å²) in [7, 11) is 1.61. The fourth-order valence-corrected chi connectivity index (χ4v) is 3.77. The van der Waals surface area contributed by atoms with Gasteiger partial charge in [-0.15, -0.1) is 0 Å². The Bertz CT molecular complexity index is 882. The average molecular weight is 425 g/mol. The summed E-state index contributed by atoms with van der Waals surface area (Å²) in [5.74, 6) is 1.20. The van der Waals surface area contributed by atoms with E-state index in [0.29, 0.717) is 31.2 Å². The van der Waals surface area contributed by atoms with Crippen LogP contribution in [0.15, 0.2) is 48.5 Å². The molecule has 1 aliphatic heterocycles. The van der Waals surface area contributed by atoms with Crippen LogP contribution < -0.4 is 14.8 Å². The molecule has 6 heteroatoms. The number of nitrogens with zero attached hydrogens (tertiary/aromatic N) is 1. The highest BCUT2D eigenvalue weighted by Gasteiger charge is 2.29. The number of carbonyl (C=O) groups excluding carboxylic acids is 2. The molecular weight excluding hydrogens is 392 g/mol. The summed E-state index contributed by atoms with van der Waals surface area (Å²) in [6.07, 6.45) is 1.67. The van der Waals surface area contributed by atoms with Crippen LogP contribution in [0, 0.1) is 11.8 Å². The van der Waals surface area contributed by atoms with Gasteiger partial charge in [0.2, 0.25) is 11.8 Å². The van der Waals surface area contributed by atoms with E-state index < -0.39 is 0 Å². The molecule has 2 amide bonds. The zero-order chi connectivity index (χ0) is 22.2. The minimum atomic E-state index is -0.160. The Kier molecular flexibility index (Phi) is 7.93. The molecule has 0 spiro atoms. The number of rotatable bonds is 8. The number of hydrogen-bond donors (Lipinski definition) is 1. The second-order valence-electron chi connectivity index (χ2n) is 8.26. The molecule has 1 aliphatic rings. The number of hydrogen-bond acceptors (Lipinski definition) is 4. The van der Waals surface area contributed by atoms with Crippen molar-refractivity contribution in [3.8, 4) is 11.5 Å². The van der Waals surface area contributed by atoms with E-state index in [1.807, 2.05) is 67.3 Å². The standard InChI is InChI=1S/C25H32N2O4/c1-18(2)25(29)27-13-7-10-21(16-27)24(28)26-15-20-11-12-22(23(14-20)30-3)31-17-19-8-5-4-6-9-19/h4-6,8-9,11-12,14,18,21H,7,10,13,15-17H2,1-3H3,(H,26,28). The molecule has 166 valence electrons. The first-order chi connectivity index (χ1) is 15.0. The smallest absolute Gasteiger partial charge is 0.225 e. The molecule has 0 aliphatic carbocycles. The number of methoxy groups -OCH3 is 1. The van der Waals surface area contributed by atoms with Gasteiger partial charge in [-0.2, -0.15) is 0 Å². The van der Waals surface area contributed by atoms with Gasteiger partial charge in [-0.05, 0) is 36.1 Å². The quantitative estimate of drug-likeness (QED) is 0.700. The maximum atomic E-state index is 12.7. The first kappa shape index (κ1) is 22.7. The zero-order valence-corrected chi connectivity index (χ0v) is 18.6. The van der Waals surface area contributed by atoms with E-state index in [4.69, 9.17) is 9.47 Å². The minimum absolute atomic E-state index is 0.00960. The lowest BCUT2D eigenvalue weighted by Crippen LogP contribution is -2.46. The molecular formula is C25H32N2O4. The van der Waals surface area contributed by atoms with E-state index in [2.05, 4.69) is 5.32 Å². The van der Waals surface area contributed by atoms with Crippen LogP contribution in [-0.2, 0) is 22.7 Å². The van der Waals surface area contributed by atoms with Gasteiger partial charge in [0.1, 0.15) is 6.61 Å². The first-order valence-corrected chi connectivity index (χ1v) is 10.9. The molecule has 0 bridgehead atoms. The van der Waals surface area contributed by atoms with Crippen LogP contribution in [0.3, 0.4) is 0 Å². The Morgan fingerprint density at radius 3 is 2.58 bits per heavy atom. The molecule has 6 nitrogen and oxygen atoms in total. The molecule has 1 unspecified atom stereocenters. The summed E-state index contributed by atoms with van der Waals surface area (Å²) >= 11 is 0. The number of benzene rings is 2. The SMILES string of the molecule is COc1cc(CNC(=O)C2CCCN(C(=O)C(C)C)C2)ccc1OCc1ccccc1. The Morgan fingerprint density at radius 2 is 1.87 bits per heavy atom. The van der Waals surface area contributed by atoms with E-state index in [-0.39, 0.29) is 23.7 Å². The normalized spacial score (nSPS) is 16.1. The molecule has 1 N–H and O–H groups in total. The topological polar surface area (TPSA) is 67.9 Å².